The number of nitrogens with one attached hydrogen (secondary N) is 1. The molecule has 0 aromatic heterocycles. The quantitative estimate of drug-likeness (QED) is 0.622. The van der Waals surface area contributed by atoms with E-state index in [0.717, 1.165) is 47.9 Å². The molecule has 0 saturated carbocycles. The van der Waals surface area contributed by atoms with Crippen molar-refractivity contribution in [3.63, 3.8) is 0 Å². The molecular formula is C28H34N2O5. The molecule has 4 rings (SSSR count). The Morgan fingerprint density at radius 3 is 2.20 bits per heavy atom. The van der Waals surface area contributed by atoms with E-state index in [9.17, 15) is 19.5 Å². The Morgan fingerprint density at radius 1 is 0.971 bits per heavy atom. The number of fused-ring (bicyclic) bond motifs is 3. The number of likely N-dealkylation sites (tertiary alicyclic amines) is 1. The monoisotopic (exact) mass is 478 g/mol. The van der Waals surface area contributed by atoms with Crippen molar-refractivity contribution < 1.29 is 24.2 Å². The van der Waals surface area contributed by atoms with Gasteiger partial charge < -0.3 is 20.1 Å². The van der Waals surface area contributed by atoms with Crippen LogP contribution in [0, 0.1) is 5.41 Å². The predicted molar refractivity (Wildman–Crippen MR) is 133 cm³/mol. The highest BCUT2D eigenvalue weighted by Gasteiger charge is 2.38. The van der Waals surface area contributed by atoms with Crippen LogP contribution in [0.4, 0.5) is 4.79 Å². The molecule has 2 amide bonds. The number of alkyl carbamates (subject to hydrolysis) is 1. The van der Waals surface area contributed by atoms with E-state index in [2.05, 4.69) is 29.6 Å². The van der Waals surface area contributed by atoms with Gasteiger partial charge in [-0.15, -0.1) is 0 Å². The van der Waals surface area contributed by atoms with Crippen LogP contribution in [0.2, 0.25) is 0 Å². The van der Waals surface area contributed by atoms with E-state index in [1.165, 1.54) is 4.90 Å². The third kappa shape index (κ3) is 5.34. The van der Waals surface area contributed by atoms with E-state index in [1.54, 1.807) is 13.8 Å². The van der Waals surface area contributed by atoms with Crippen LogP contribution in [0.15, 0.2) is 48.5 Å². The number of ether oxygens (including phenoxy) is 1. The molecule has 2 aromatic rings. The summed E-state index contributed by atoms with van der Waals surface area (Å²) in [6.45, 7) is 4.14. The summed E-state index contributed by atoms with van der Waals surface area (Å²) in [6.07, 6.45) is 3.41. The summed E-state index contributed by atoms with van der Waals surface area (Å²) in [6, 6.07) is 15.4. The molecule has 0 spiro atoms. The number of nitrogens with zero attached hydrogens (tertiary/aromatic N) is 1. The lowest BCUT2D eigenvalue weighted by Crippen LogP contribution is -2.53. The lowest BCUT2D eigenvalue weighted by atomic mass is 9.89. The fourth-order valence-electron chi connectivity index (χ4n) is 5.19. The molecule has 1 aliphatic carbocycles. The minimum absolute atomic E-state index is 0.0415. The Morgan fingerprint density at radius 2 is 1.57 bits per heavy atom. The van der Waals surface area contributed by atoms with Crippen molar-refractivity contribution in [3.05, 3.63) is 59.7 Å². The van der Waals surface area contributed by atoms with E-state index in [0.29, 0.717) is 13.0 Å². The van der Waals surface area contributed by atoms with Gasteiger partial charge in [-0.1, -0.05) is 67.8 Å². The molecule has 0 bridgehead atoms. The highest BCUT2D eigenvalue weighted by molar-refractivity contribution is 5.87. The SMILES string of the molecule is CC(C)(CNC(=O)OCC1c2ccccc2-c2ccccc21)C(=O)N1CCCCCCC1C(=O)O. The molecular weight excluding hydrogens is 444 g/mol. The van der Waals surface area contributed by atoms with Crippen molar-refractivity contribution in [1.29, 1.82) is 0 Å². The van der Waals surface area contributed by atoms with Crippen molar-refractivity contribution >= 4 is 18.0 Å². The first kappa shape index (κ1) is 24.8. The zero-order chi connectivity index (χ0) is 25.0. The molecule has 1 heterocycles. The maximum Gasteiger partial charge on any atom is 0.407 e. The lowest BCUT2D eigenvalue weighted by Gasteiger charge is -2.36. The molecule has 1 saturated heterocycles. The molecule has 186 valence electrons. The minimum atomic E-state index is -0.972. The first-order valence-electron chi connectivity index (χ1n) is 12.4. The first-order chi connectivity index (χ1) is 16.8. The van der Waals surface area contributed by atoms with E-state index in [1.807, 2.05) is 24.3 Å². The number of carboxylic acid groups (broad SMARTS) is 1. The third-order valence-corrected chi connectivity index (χ3v) is 7.15. The summed E-state index contributed by atoms with van der Waals surface area (Å²) in [5.41, 5.74) is 3.62. The highest BCUT2D eigenvalue weighted by atomic mass is 16.5. The zero-order valence-electron chi connectivity index (χ0n) is 20.5. The van der Waals surface area contributed by atoms with Gasteiger partial charge in [0.25, 0.3) is 0 Å². The van der Waals surface area contributed by atoms with Crippen molar-refractivity contribution in [2.75, 3.05) is 19.7 Å². The second-order valence-electron chi connectivity index (χ2n) is 10.1. The zero-order valence-corrected chi connectivity index (χ0v) is 20.5. The first-order valence-corrected chi connectivity index (χ1v) is 12.4. The van der Waals surface area contributed by atoms with Crippen LogP contribution < -0.4 is 5.32 Å². The summed E-state index contributed by atoms with van der Waals surface area (Å²) in [5.74, 6) is -1.27. The van der Waals surface area contributed by atoms with Gasteiger partial charge in [-0.2, -0.15) is 0 Å². The van der Waals surface area contributed by atoms with E-state index in [-0.39, 0.29) is 25.0 Å². The van der Waals surface area contributed by atoms with Gasteiger partial charge in [0.15, 0.2) is 0 Å². The largest absolute Gasteiger partial charge is 0.480 e. The number of carbonyl (C=O) groups excluding carboxylic acids is 2. The number of carboxylic acids is 1. The van der Waals surface area contributed by atoms with Gasteiger partial charge in [-0.25, -0.2) is 9.59 Å². The summed E-state index contributed by atoms with van der Waals surface area (Å²) >= 11 is 0. The number of benzene rings is 2. The molecule has 7 heteroatoms. The second kappa shape index (κ2) is 10.5. The molecule has 1 fully saturated rings. The Bertz CT molecular complexity index is 1050. The number of carbonyl (C=O) groups is 3. The molecule has 2 N–H and O–H groups in total. The average Bonchev–Trinajstić information content (AvgIpc) is 3.14. The molecule has 2 aliphatic rings. The predicted octanol–water partition coefficient (Wildman–Crippen LogP) is 4.80. The summed E-state index contributed by atoms with van der Waals surface area (Å²) in [7, 11) is 0. The van der Waals surface area contributed by atoms with Crippen LogP contribution in [0.5, 0.6) is 0 Å². The molecule has 35 heavy (non-hydrogen) atoms. The second-order valence-corrected chi connectivity index (χ2v) is 10.1. The van der Waals surface area contributed by atoms with Gasteiger partial charge in [0.05, 0.1) is 5.41 Å². The summed E-state index contributed by atoms with van der Waals surface area (Å²) in [5, 5.41) is 12.4. The van der Waals surface area contributed by atoms with Gasteiger partial charge in [-0.3, -0.25) is 4.79 Å². The van der Waals surface area contributed by atoms with E-state index >= 15 is 0 Å². The van der Waals surface area contributed by atoms with Crippen LogP contribution >= 0.6 is 0 Å². The Balaban J connectivity index is 1.36. The lowest BCUT2D eigenvalue weighted by molar-refractivity contribution is -0.155. The van der Waals surface area contributed by atoms with Crippen molar-refractivity contribution in [3.8, 4) is 11.1 Å². The molecule has 1 unspecified atom stereocenters. The minimum Gasteiger partial charge on any atom is -0.480 e. The molecule has 1 aliphatic heterocycles. The van der Waals surface area contributed by atoms with Gasteiger partial charge in [-0.05, 0) is 48.9 Å². The third-order valence-electron chi connectivity index (χ3n) is 7.15. The summed E-state index contributed by atoms with van der Waals surface area (Å²) in [4.78, 5) is 39.2. The Hall–Kier alpha value is -3.35. The van der Waals surface area contributed by atoms with Gasteiger partial charge in [0.2, 0.25) is 5.91 Å². The summed E-state index contributed by atoms with van der Waals surface area (Å²) < 4.78 is 5.59. The maximum absolute atomic E-state index is 13.3. The number of aliphatic carboxylic acids is 1. The fraction of sp³-hybridized carbons (Fsp3) is 0.464. The topological polar surface area (TPSA) is 95.9 Å². The molecule has 0 radical (unpaired) electrons. The Kier molecular flexibility index (Phi) is 7.43. The van der Waals surface area contributed by atoms with Crippen molar-refractivity contribution in [2.24, 2.45) is 5.41 Å². The average molecular weight is 479 g/mol. The molecule has 7 nitrogen and oxygen atoms in total. The maximum atomic E-state index is 13.3. The van der Waals surface area contributed by atoms with Crippen LogP contribution in [0.1, 0.15) is 63.0 Å². The normalized spacial score (nSPS) is 18.1. The van der Waals surface area contributed by atoms with Crippen LogP contribution in [0.25, 0.3) is 11.1 Å². The number of amides is 2. The number of hydrogen-bond acceptors (Lipinski definition) is 4. The van der Waals surface area contributed by atoms with Crippen molar-refractivity contribution in [2.45, 2.75) is 57.9 Å². The molecule has 2 aromatic carbocycles. The standard InChI is InChI=1S/C28H34N2O5/c1-28(2,26(33)30-16-10-4-3-5-15-24(30)25(31)32)18-29-27(34)35-17-23-21-13-8-6-11-19(21)20-12-7-9-14-22(20)23/h6-9,11-14,23-24H,3-5,10,15-18H2,1-2H3,(H,29,34)(H,31,32). The van der Waals surface area contributed by atoms with Crippen LogP contribution in [-0.2, 0) is 14.3 Å². The van der Waals surface area contributed by atoms with E-state index in [4.69, 9.17) is 4.74 Å². The molecule has 1 atom stereocenters. The van der Waals surface area contributed by atoms with Crippen molar-refractivity contribution in [1.82, 2.24) is 10.2 Å². The van der Waals surface area contributed by atoms with Gasteiger partial charge in [0.1, 0.15) is 12.6 Å². The van der Waals surface area contributed by atoms with Gasteiger partial charge >= 0.3 is 12.1 Å². The van der Waals surface area contributed by atoms with Gasteiger partial charge in [0, 0.05) is 19.0 Å². The number of rotatable bonds is 6. The highest BCUT2D eigenvalue weighted by Crippen LogP contribution is 2.44. The fourth-order valence-corrected chi connectivity index (χ4v) is 5.19. The van der Waals surface area contributed by atoms with Crippen LogP contribution in [-0.4, -0.2) is 53.7 Å². The number of hydrogen-bond donors (Lipinski definition) is 2. The Labute approximate surface area is 206 Å². The van der Waals surface area contributed by atoms with E-state index < -0.39 is 23.5 Å². The smallest absolute Gasteiger partial charge is 0.407 e. The van der Waals surface area contributed by atoms with Crippen LogP contribution in [0.3, 0.4) is 0 Å².